The standard InChI is InChI=1S/C22H25N3O4/c1-22(2,3)24-21(28)19-16-7-5-6-8-17(16)20(27)23-13-18(26)25(19)14-9-11-15(29-4)12-10-14/h5-12,19H,13H2,1-4H3,(H,23,27)(H,24,28). The Hall–Kier alpha value is -3.35. The molecule has 0 radical (unpaired) electrons. The van der Waals surface area contributed by atoms with Crippen LogP contribution in [0.25, 0.3) is 0 Å². The van der Waals surface area contributed by atoms with Gasteiger partial charge in [-0.2, -0.15) is 0 Å². The molecule has 2 N–H and O–H groups in total. The van der Waals surface area contributed by atoms with E-state index in [1.165, 1.54) is 4.90 Å². The molecule has 1 heterocycles. The van der Waals surface area contributed by atoms with E-state index < -0.39 is 11.6 Å². The molecule has 0 bridgehead atoms. The number of carbonyl (C=O) groups is 3. The summed E-state index contributed by atoms with van der Waals surface area (Å²) in [6, 6.07) is 12.8. The van der Waals surface area contributed by atoms with Crippen molar-refractivity contribution in [3.63, 3.8) is 0 Å². The highest BCUT2D eigenvalue weighted by atomic mass is 16.5. The molecule has 2 aromatic carbocycles. The summed E-state index contributed by atoms with van der Waals surface area (Å²) in [5.41, 5.74) is 0.865. The van der Waals surface area contributed by atoms with Crippen molar-refractivity contribution in [3.05, 3.63) is 59.7 Å². The quantitative estimate of drug-likeness (QED) is 0.836. The second-order valence-corrected chi connectivity index (χ2v) is 7.87. The highest BCUT2D eigenvalue weighted by Crippen LogP contribution is 2.32. The normalized spacial score (nSPS) is 17.0. The smallest absolute Gasteiger partial charge is 0.252 e. The van der Waals surface area contributed by atoms with Crippen LogP contribution >= 0.6 is 0 Å². The van der Waals surface area contributed by atoms with E-state index >= 15 is 0 Å². The molecule has 0 saturated heterocycles. The molecule has 7 heteroatoms. The Bertz CT molecular complexity index is 932. The van der Waals surface area contributed by atoms with Gasteiger partial charge in [-0.25, -0.2) is 0 Å². The summed E-state index contributed by atoms with van der Waals surface area (Å²) < 4.78 is 5.20. The van der Waals surface area contributed by atoms with Crippen molar-refractivity contribution in [2.45, 2.75) is 32.4 Å². The van der Waals surface area contributed by atoms with Crippen LogP contribution in [0.3, 0.4) is 0 Å². The van der Waals surface area contributed by atoms with E-state index in [1.807, 2.05) is 20.8 Å². The molecule has 152 valence electrons. The van der Waals surface area contributed by atoms with Gasteiger partial charge in [-0.05, 0) is 56.7 Å². The Kier molecular flexibility index (Phi) is 5.59. The Balaban J connectivity index is 2.18. The molecule has 1 aliphatic rings. The summed E-state index contributed by atoms with van der Waals surface area (Å²) in [7, 11) is 1.56. The van der Waals surface area contributed by atoms with Crippen molar-refractivity contribution < 1.29 is 19.1 Å². The maximum absolute atomic E-state index is 13.3. The van der Waals surface area contributed by atoms with E-state index in [4.69, 9.17) is 4.74 Å². The maximum Gasteiger partial charge on any atom is 0.252 e. The average Bonchev–Trinajstić information content (AvgIpc) is 2.68. The molecule has 0 spiro atoms. The number of anilines is 1. The fraction of sp³-hybridized carbons (Fsp3) is 0.318. The molecule has 7 nitrogen and oxygen atoms in total. The summed E-state index contributed by atoms with van der Waals surface area (Å²) in [6.45, 7) is 5.39. The van der Waals surface area contributed by atoms with Crippen molar-refractivity contribution in [3.8, 4) is 5.75 Å². The van der Waals surface area contributed by atoms with Crippen molar-refractivity contribution >= 4 is 23.4 Å². The summed E-state index contributed by atoms with van der Waals surface area (Å²) in [6.07, 6.45) is 0. The number of ether oxygens (including phenoxy) is 1. The number of carbonyl (C=O) groups excluding carboxylic acids is 3. The van der Waals surface area contributed by atoms with Crippen LogP contribution in [0.2, 0.25) is 0 Å². The highest BCUT2D eigenvalue weighted by molar-refractivity contribution is 6.08. The fourth-order valence-electron chi connectivity index (χ4n) is 3.29. The summed E-state index contributed by atoms with van der Waals surface area (Å²) in [4.78, 5) is 40.4. The Morgan fingerprint density at radius 2 is 1.76 bits per heavy atom. The van der Waals surface area contributed by atoms with E-state index in [0.29, 0.717) is 22.6 Å². The Morgan fingerprint density at radius 3 is 2.38 bits per heavy atom. The number of rotatable bonds is 3. The van der Waals surface area contributed by atoms with Gasteiger partial charge in [-0.3, -0.25) is 19.3 Å². The second-order valence-electron chi connectivity index (χ2n) is 7.87. The van der Waals surface area contributed by atoms with Gasteiger partial charge in [0.15, 0.2) is 0 Å². The minimum atomic E-state index is -0.989. The van der Waals surface area contributed by atoms with Gasteiger partial charge in [0, 0.05) is 16.8 Å². The third-order valence-electron chi connectivity index (χ3n) is 4.52. The van der Waals surface area contributed by atoms with Gasteiger partial charge in [-0.1, -0.05) is 18.2 Å². The Labute approximate surface area is 170 Å². The van der Waals surface area contributed by atoms with Crippen LogP contribution in [0.4, 0.5) is 5.69 Å². The zero-order valence-electron chi connectivity index (χ0n) is 17.0. The number of benzene rings is 2. The molecular weight excluding hydrogens is 370 g/mol. The van der Waals surface area contributed by atoms with Crippen molar-refractivity contribution in [2.75, 3.05) is 18.6 Å². The number of amides is 3. The van der Waals surface area contributed by atoms with E-state index in [-0.39, 0.29) is 24.3 Å². The molecule has 1 atom stereocenters. The van der Waals surface area contributed by atoms with Crippen LogP contribution in [-0.2, 0) is 9.59 Å². The van der Waals surface area contributed by atoms with Gasteiger partial charge in [0.2, 0.25) is 11.8 Å². The third-order valence-corrected chi connectivity index (χ3v) is 4.52. The van der Waals surface area contributed by atoms with Gasteiger partial charge in [0.25, 0.3) is 5.91 Å². The Morgan fingerprint density at radius 1 is 1.10 bits per heavy atom. The third kappa shape index (κ3) is 4.39. The first-order chi connectivity index (χ1) is 13.7. The van der Waals surface area contributed by atoms with Crippen LogP contribution < -0.4 is 20.3 Å². The lowest BCUT2D eigenvalue weighted by Gasteiger charge is -2.35. The second kappa shape index (κ2) is 7.95. The predicted octanol–water partition coefficient (Wildman–Crippen LogP) is 2.43. The topological polar surface area (TPSA) is 87.7 Å². The summed E-state index contributed by atoms with van der Waals surface area (Å²) >= 11 is 0. The SMILES string of the molecule is COc1ccc(N2C(=O)CNC(=O)c3ccccc3C2C(=O)NC(C)(C)C)cc1. The zero-order chi connectivity index (χ0) is 21.2. The summed E-state index contributed by atoms with van der Waals surface area (Å²) in [5, 5.41) is 5.58. The minimum Gasteiger partial charge on any atom is -0.497 e. The molecule has 0 aromatic heterocycles. The maximum atomic E-state index is 13.3. The molecule has 0 fully saturated rings. The first-order valence-electron chi connectivity index (χ1n) is 9.36. The van der Waals surface area contributed by atoms with Gasteiger partial charge in [-0.15, -0.1) is 0 Å². The molecule has 2 aromatic rings. The zero-order valence-corrected chi connectivity index (χ0v) is 17.0. The lowest BCUT2D eigenvalue weighted by Crippen LogP contribution is -2.53. The van der Waals surface area contributed by atoms with Crippen LogP contribution in [0.15, 0.2) is 48.5 Å². The molecule has 3 rings (SSSR count). The number of hydrogen-bond donors (Lipinski definition) is 2. The van der Waals surface area contributed by atoms with Gasteiger partial charge in [0.1, 0.15) is 11.8 Å². The van der Waals surface area contributed by atoms with Gasteiger partial charge < -0.3 is 15.4 Å². The van der Waals surface area contributed by atoms with Gasteiger partial charge >= 0.3 is 0 Å². The van der Waals surface area contributed by atoms with Crippen molar-refractivity contribution in [2.24, 2.45) is 0 Å². The first-order valence-corrected chi connectivity index (χ1v) is 9.36. The molecule has 29 heavy (non-hydrogen) atoms. The number of fused-ring (bicyclic) bond motifs is 1. The average molecular weight is 395 g/mol. The fourth-order valence-corrected chi connectivity index (χ4v) is 3.29. The summed E-state index contributed by atoms with van der Waals surface area (Å²) in [5.74, 6) is -0.481. The van der Waals surface area contributed by atoms with Gasteiger partial charge in [0.05, 0.1) is 13.7 Å². The first kappa shape index (κ1) is 20.4. The van der Waals surface area contributed by atoms with E-state index in [0.717, 1.165) is 0 Å². The number of hydrogen-bond acceptors (Lipinski definition) is 4. The molecular formula is C22H25N3O4. The molecule has 1 aliphatic heterocycles. The molecule has 0 aliphatic carbocycles. The number of methoxy groups -OCH3 is 1. The van der Waals surface area contributed by atoms with Crippen LogP contribution in [-0.4, -0.2) is 36.9 Å². The molecule has 3 amide bonds. The molecule has 1 unspecified atom stereocenters. The predicted molar refractivity (Wildman–Crippen MR) is 110 cm³/mol. The van der Waals surface area contributed by atoms with E-state index in [2.05, 4.69) is 10.6 Å². The van der Waals surface area contributed by atoms with Crippen molar-refractivity contribution in [1.82, 2.24) is 10.6 Å². The van der Waals surface area contributed by atoms with E-state index in [1.54, 1.807) is 55.6 Å². The lowest BCUT2D eigenvalue weighted by atomic mass is 9.94. The monoisotopic (exact) mass is 395 g/mol. The number of nitrogens with zero attached hydrogens (tertiary/aromatic N) is 1. The van der Waals surface area contributed by atoms with Crippen LogP contribution in [0.1, 0.15) is 42.7 Å². The van der Waals surface area contributed by atoms with Crippen LogP contribution in [0.5, 0.6) is 5.75 Å². The minimum absolute atomic E-state index is 0.210. The molecule has 0 saturated carbocycles. The largest absolute Gasteiger partial charge is 0.497 e. The lowest BCUT2D eigenvalue weighted by molar-refractivity contribution is -0.127. The van der Waals surface area contributed by atoms with E-state index in [9.17, 15) is 14.4 Å². The number of nitrogens with one attached hydrogen (secondary N) is 2. The van der Waals surface area contributed by atoms with Crippen molar-refractivity contribution in [1.29, 1.82) is 0 Å². The highest BCUT2D eigenvalue weighted by Gasteiger charge is 2.38. The van der Waals surface area contributed by atoms with Crippen LogP contribution in [0, 0.1) is 0 Å².